The second kappa shape index (κ2) is 7.72. The van der Waals surface area contributed by atoms with Gasteiger partial charge < -0.3 is 10.1 Å². The van der Waals surface area contributed by atoms with Crippen LogP contribution >= 0.6 is 23.2 Å². The van der Waals surface area contributed by atoms with E-state index in [0.717, 1.165) is 24.2 Å². The van der Waals surface area contributed by atoms with Crippen LogP contribution in [0.1, 0.15) is 12.5 Å². The average Bonchev–Trinajstić information content (AvgIpc) is 2.27. The predicted molar refractivity (Wildman–Crippen MR) is 73.8 cm³/mol. The first-order valence-corrected chi connectivity index (χ1v) is 6.22. The van der Waals surface area contributed by atoms with Gasteiger partial charge in [-0.25, -0.2) is 0 Å². The summed E-state index contributed by atoms with van der Waals surface area (Å²) in [6, 6.07) is 5.63. The summed E-state index contributed by atoms with van der Waals surface area (Å²) in [4.78, 5) is 0. The third kappa shape index (κ3) is 6.08. The second-order valence-corrected chi connectivity index (χ2v) is 4.75. The maximum Gasteiger partial charge on any atom is 0.0672 e. The molecular weight excluding hydrogens is 257 g/mol. The third-order valence-corrected chi connectivity index (χ3v) is 2.82. The fraction of sp³-hybridized carbons (Fsp3) is 0.385. The van der Waals surface area contributed by atoms with E-state index in [0.29, 0.717) is 23.3 Å². The third-order valence-electron chi connectivity index (χ3n) is 2.08. The number of hydrogen-bond donors (Lipinski definition) is 1. The monoisotopic (exact) mass is 273 g/mol. The molecule has 0 atom stereocenters. The molecule has 1 rings (SSSR count). The van der Waals surface area contributed by atoms with Crippen molar-refractivity contribution in [1.29, 1.82) is 0 Å². The fourth-order valence-electron chi connectivity index (χ4n) is 1.27. The minimum Gasteiger partial charge on any atom is -0.376 e. The molecule has 0 amide bonds. The molecule has 0 aliphatic carbocycles. The van der Waals surface area contributed by atoms with Crippen LogP contribution in [-0.4, -0.2) is 19.8 Å². The van der Waals surface area contributed by atoms with Crippen molar-refractivity contribution in [2.45, 2.75) is 13.5 Å². The molecule has 0 bridgehead atoms. The average molecular weight is 274 g/mol. The molecule has 4 heteroatoms. The summed E-state index contributed by atoms with van der Waals surface area (Å²) < 4.78 is 5.37. The predicted octanol–water partition coefficient (Wildman–Crippen LogP) is 3.68. The fourth-order valence-corrected chi connectivity index (χ4v) is 1.59. The Morgan fingerprint density at radius 3 is 2.76 bits per heavy atom. The SMILES string of the molecule is C=C(C)COCCNCc1ccc(Cl)c(Cl)c1. The molecule has 0 aromatic heterocycles. The quantitative estimate of drug-likeness (QED) is 0.605. The minimum absolute atomic E-state index is 0.584. The van der Waals surface area contributed by atoms with E-state index in [1.54, 1.807) is 6.07 Å². The summed E-state index contributed by atoms with van der Waals surface area (Å²) in [5.41, 5.74) is 2.15. The molecule has 17 heavy (non-hydrogen) atoms. The molecule has 0 spiro atoms. The zero-order valence-electron chi connectivity index (χ0n) is 9.93. The molecule has 0 saturated carbocycles. The highest BCUT2D eigenvalue weighted by atomic mass is 35.5. The highest BCUT2D eigenvalue weighted by Crippen LogP contribution is 2.22. The standard InChI is InChI=1S/C13H17Cl2NO/c1-10(2)9-17-6-5-16-8-11-3-4-12(14)13(15)7-11/h3-4,7,16H,1,5-6,8-9H2,2H3. The molecule has 0 unspecified atom stereocenters. The molecule has 0 fully saturated rings. The smallest absolute Gasteiger partial charge is 0.0672 e. The van der Waals surface area contributed by atoms with Gasteiger partial charge in [0.1, 0.15) is 0 Å². The van der Waals surface area contributed by atoms with Crippen molar-refractivity contribution in [1.82, 2.24) is 5.32 Å². The molecule has 0 aliphatic heterocycles. The topological polar surface area (TPSA) is 21.3 Å². The Morgan fingerprint density at radius 2 is 2.12 bits per heavy atom. The van der Waals surface area contributed by atoms with Crippen molar-refractivity contribution in [3.05, 3.63) is 46.0 Å². The zero-order valence-corrected chi connectivity index (χ0v) is 11.4. The Labute approximate surface area is 113 Å². The van der Waals surface area contributed by atoms with Crippen molar-refractivity contribution in [3.8, 4) is 0 Å². The summed E-state index contributed by atoms with van der Waals surface area (Å²) in [6.45, 7) is 8.56. The molecular formula is C13H17Cl2NO. The second-order valence-electron chi connectivity index (χ2n) is 3.93. The molecule has 0 aliphatic rings. The number of ether oxygens (including phenoxy) is 1. The molecule has 0 saturated heterocycles. The van der Waals surface area contributed by atoms with Crippen molar-refractivity contribution < 1.29 is 4.74 Å². The van der Waals surface area contributed by atoms with Crippen LogP contribution in [0, 0.1) is 0 Å². The Kier molecular flexibility index (Phi) is 6.60. The highest BCUT2D eigenvalue weighted by molar-refractivity contribution is 6.42. The molecule has 94 valence electrons. The first kappa shape index (κ1) is 14.5. The first-order chi connectivity index (χ1) is 8.09. The van der Waals surface area contributed by atoms with Crippen LogP contribution in [0.5, 0.6) is 0 Å². The number of halogens is 2. The van der Waals surface area contributed by atoms with Gasteiger partial charge >= 0.3 is 0 Å². The van der Waals surface area contributed by atoms with Crippen LogP contribution in [0.15, 0.2) is 30.4 Å². The Balaban J connectivity index is 2.18. The summed E-state index contributed by atoms with van der Waals surface area (Å²) in [5.74, 6) is 0. The number of hydrogen-bond acceptors (Lipinski definition) is 2. The van der Waals surface area contributed by atoms with Gasteiger partial charge in [-0.2, -0.15) is 0 Å². The molecule has 1 aromatic carbocycles. The van der Waals surface area contributed by atoms with Crippen LogP contribution in [0.4, 0.5) is 0 Å². The maximum absolute atomic E-state index is 5.92. The lowest BCUT2D eigenvalue weighted by atomic mass is 10.2. The van der Waals surface area contributed by atoms with Crippen LogP contribution in [0.3, 0.4) is 0 Å². The zero-order chi connectivity index (χ0) is 12.7. The van der Waals surface area contributed by atoms with E-state index in [1.165, 1.54) is 0 Å². The first-order valence-electron chi connectivity index (χ1n) is 5.46. The normalized spacial score (nSPS) is 10.5. The van der Waals surface area contributed by atoms with Gasteiger partial charge in [0.05, 0.1) is 23.3 Å². The number of benzene rings is 1. The van der Waals surface area contributed by atoms with Gasteiger partial charge in [-0.05, 0) is 24.6 Å². The lowest BCUT2D eigenvalue weighted by molar-refractivity contribution is 0.158. The van der Waals surface area contributed by atoms with Crippen molar-refractivity contribution in [2.75, 3.05) is 19.8 Å². The lowest BCUT2D eigenvalue weighted by Gasteiger charge is -2.07. The lowest BCUT2D eigenvalue weighted by Crippen LogP contribution is -2.19. The van der Waals surface area contributed by atoms with Gasteiger partial charge in [0, 0.05) is 13.1 Å². The van der Waals surface area contributed by atoms with Gasteiger partial charge in [-0.15, -0.1) is 0 Å². The van der Waals surface area contributed by atoms with Gasteiger partial charge in [-0.3, -0.25) is 0 Å². The summed E-state index contributed by atoms with van der Waals surface area (Å²) in [7, 11) is 0. The van der Waals surface area contributed by atoms with Crippen molar-refractivity contribution >= 4 is 23.2 Å². The van der Waals surface area contributed by atoms with Crippen molar-refractivity contribution in [2.24, 2.45) is 0 Å². The summed E-state index contributed by atoms with van der Waals surface area (Å²) in [6.07, 6.45) is 0. The van der Waals surface area contributed by atoms with Crippen LogP contribution in [0.25, 0.3) is 0 Å². The van der Waals surface area contributed by atoms with E-state index in [4.69, 9.17) is 27.9 Å². The Bertz CT molecular complexity index is 380. The van der Waals surface area contributed by atoms with E-state index in [-0.39, 0.29) is 0 Å². The largest absolute Gasteiger partial charge is 0.376 e. The summed E-state index contributed by atoms with van der Waals surface area (Å²) in [5, 5.41) is 4.44. The maximum atomic E-state index is 5.92. The van der Waals surface area contributed by atoms with E-state index in [1.807, 2.05) is 19.1 Å². The van der Waals surface area contributed by atoms with Crippen molar-refractivity contribution in [3.63, 3.8) is 0 Å². The minimum atomic E-state index is 0.584. The van der Waals surface area contributed by atoms with E-state index < -0.39 is 0 Å². The van der Waals surface area contributed by atoms with Gasteiger partial charge in [-0.1, -0.05) is 41.4 Å². The van der Waals surface area contributed by atoms with E-state index >= 15 is 0 Å². The van der Waals surface area contributed by atoms with Crippen LogP contribution < -0.4 is 5.32 Å². The van der Waals surface area contributed by atoms with Gasteiger partial charge in [0.25, 0.3) is 0 Å². The number of nitrogens with one attached hydrogen (secondary N) is 1. The Hall–Kier alpha value is -0.540. The Morgan fingerprint density at radius 1 is 1.35 bits per heavy atom. The van der Waals surface area contributed by atoms with Crippen LogP contribution in [-0.2, 0) is 11.3 Å². The van der Waals surface area contributed by atoms with Gasteiger partial charge in [0.15, 0.2) is 0 Å². The molecule has 0 radical (unpaired) electrons. The highest BCUT2D eigenvalue weighted by Gasteiger charge is 1.99. The molecule has 0 heterocycles. The summed E-state index contributed by atoms with van der Waals surface area (Å²) >= 11 is 11.7. The number of rotatable bonds is 7. The van der Waals surface area contributed by atoms with Gasteiger partial charge in [0.2, 0.25) is 0 Å². The van der Waals surface area contributed by atoms with Crippen LogP contribution in [0.2, 0.25) is 10.0 Å². The molecule has 2 nitrogen and oxygen atoms in total. The van der Waals surface area contributed by atoms with E-state index in [9.17, 15) is 0 Å². The molecule has 1 aromatic rings. The van der Waals surface area contributed by atoms with E-state index in [2.05, 4.69) is 11.9 Å². The molecule has 1 N–H and O–H groups in total.